The molecule has 0 saturated heterocycles. The van der Waals surface area contributed by atoms with E-state index in [1.807, 2.05) is 91.1 Å². The van der Waals surface area contributed by atoms with Crippen LogP contribution in [0.2, 0.25) is 0 Å². The molecule has 57 heavy (non-hydrogen) atoms. The van der Waals surface area contributed by atoms with Gasteiger partial charge in [-0.1, -0.05) is 109 Å². The third-order valence-electron chi connectivity index (χ3n) is 10.9. The summed E-state index contributed by atoms with van der Waals surface area (Å²) in [6.45, 7) is 0. The first-order valence-corrected chi connectivity index (χ1v) is 18.8. The molecule has 5 aromatic heterocycles. The summed E-state index contributed by atoms with van der Waals surface area (Å²) in [5.74, 6) is 1.61. The average Bonchev–Trinajstić information content (AvgIpc) is 3.98. The Hall–Kier alpha value is -7.90. The van der Waals surface area contributed by atoms with Crippen molar-refractivity contribution in [2.75, 3.05) is 0 Å². The van der Waals surface area contributed by atoms with Crippen LogP contribution in [-0.2, 0) is 0 Å². The Morgan fingerprint density at radius 2 is 0.912 bits per heavy atom. The molecule has 7 heteroatoms. The number of pyridine rings is 1. The number of fused-ring (bicyclic) bond motifs is 9. The highest BCUT2D eigenvalue weighted by Crippen LogP contribution is 2.44. The van der Waals surface area contributed by atoms with E-state index >= 15 is 0 Å². The number of aromatic nitrogens is 4. The van der Waals surface area contributed by atoms with Crippen LogP contribution in [0.4, 0.5) is 0 Å². The van der Waals surface area contributed by atoms with Crippen LogP contribution in [0.15, 0.2) is 183 Å². The van der Waals surface area contributed by atoms with Gasteiger partial charge in [-0.2, -0.15) is 0 Å². The zero-order chi connectivity index (χ0) is 37.5. The normalized spacial score (nSPS) is 11.9. The first kappa shape index (κ1) is 31.5. The Bertz CT molecular complexity index is 3530. The molecule has 12 aromatic rings. The van der Waals surface area contributed by atoms with Crippen LogP contribution in [0.3, 0.4) is 0 Å². The van der Waals surface area contributed by atoms with E-state index in [9.17, 15) is 0 Å². The van der Waals surface area contributed by atoms with E-state index in [4.69, 9.17) is 28.2 Å². The monoisotopic (exact) mass is 732 g/mol. The van der Waals surface area contributed by atoms with Gasteiger partial charge < -0.3 is 13.3 Å². The molecule has 7 nitrogen and oxygen atoms in total. The number of hydrogen-bond donors (Lipinski definition) is 0. The van der Waals surface area contributed by atoms with E-state index in [-0.39, 0.29) is 0 Å². The van der Waals surface area contributed by atoms with E-state index < -0.39 is 0 Å². The van der Waals surface area contributed by atoms with Crippen molar-refractivity contribution in [1.29, 1.82) is 0 Å². The number of benzene rings is 7. The number of furan rings is 3. The molecule has 0 atom stereocenters. The summed E-state index contributed by atoms with van der Waals surface area (Å²) in [6, 6.07) is 53.2. The van der Waals surface area contributed by atoms with Crippen molar-refractivity contribution >= 4 is 65.8 Å². The highest BCUT2D eigenvalue weighted by atomic mass is 16.3. The van der Waals surface area contributed by atoms with Gasteiger partial charge in [-0.3, -0.25) is 4.98 Å². The van der Waals surface area contributed by atoms with E-state index in [2.05, 4.69) is 77.8 Å². The molecule has 266 valence electrons. The van der Waals surface area contributed by atoms with E-state index in [1.165, 1.54) is 0 Å². The molecule has 0 aliphatic heterocycles. The summed E-state index contributed by atoms with van der Waals surface area (Å²) in [6.07, 6.45) is 3.64. The quantitative estimate of drug-likeness (QED) is 0.174. The van der Waals surface area contributed by atoms with Gasteiger partial charge in [0.25, 0.3) is 0 Å². The molecule has 0 N–H and O–H groups in total. The minimum Gasteiger partial charge on any atom is -0.456 e. The second-order valence-electron chi connectivity index (χ2n) is 14.2. The number of rotatable bonds is 5. The first-order chi connectivity index (χ1) is 28.2. The molecule has 0 bridgehead atoms. The zero-order valence-electron chi connectivity index (χ0n) is 30.2. The van der Waals surface area contributed by atoms with Crippen LogP contribution in [-0.4, -0.2) is 19.9 Å². The lowest BCUT2D eigenvalue weighted by atomic mass is 9.96. The summed E-state index contributed by atoms with van der Waals surface area (Å²) in [5, 5.41) is 6.12. The van der Waals surface area contributed by atoms with Crippen LogP contribution in [0.5, 0.6) is 0 Å². The maximum Gasteiger partial charge on any atom is 0.164 e. The van der Waals surface area contributed by atoms with Crippen molar-refractivity contribution in [3.63, 3.8) is 0 Å². The lowest BCUT2D eigenvalue weighted by molar-refractivity contribution is 0.665. The van der Waals surface area contributed by atoms with Crippen molar-refractivity contribution in [3.8, 4) is 56.4 Å². The van der Waals surface area contributed by atoms with Gasteiger partial charge in [0, 0.05) is 72.5 Å². The highest BCUT2D eigenvalue weighted by Gasteiger charge is 2.23. The number of hydrogen-bond acceptors (Lipinski definition) is 7. The summed E-state index contributed by atoms with van der Waals surface area (Å²) in [4.78, 5) is 19.8. The summed E-state index contributed by atoms with van der Waals surface area (Å²) < 4.78 is 19.6. The third-order valence-corrected chi connectivity index (χ3v) is 10.9. The molecular formula is C50H28N4O3. The predicted molar refractivity (Wildman–Crippen MR) is 227 cm³/mol. The number of para-hydroxylation sites is 4. The van der Waals surface area contributed by atoms with Crippen LogP contribution in [0, 0.1) is 0 Å². The zero-order valence-corrected chi connectivity index (χ0v) is 30.2. The maximum atomic E-state index is 6.75. The van der Waals surface area contributed by atoms with Gasteiger partial charge in [0.05, 0.1) is 0 Å². The highest BCUT2D eigenvalue weighted by molar-refractivity contribution is 6.18. The smallest absolute Gasteiger partial charge is 0.164 e. The molecule has 0 fully saturated rings. The lowest BCUT2D eigenvalue weighted by Crippen LogP contribution is -2.00. The van der Waals surface area contributed by atoms with Crippen molar-refractivity contribution in [2.45, 2.75) is 0 Å². The summed E-state index contributed by atoms with van der Waals surface area (Å²) in [5.41, 5.74) is 11.2. The van der Waals surface area contributed by atoms with Crippen molar-refractivity contribution in [3.05, 3.63) is 170 Å². The van der Waals surface area contributed by atoms with Gasteiger partial charge in [0.15, 0.2) is 17.5 Å². The molecule has 0 unspecified atom stereocenters. The van der Waals surface area contributed by atoms with Gasteiger partial charge in [-0.05, 0) is 59.7 Å². The van der Waals surface area contributed by atoms with Crippen LogP contribution < -0.4 is 0 Å². The fourth-order valence-electron chi connectivity index (χ4n) is 8.15. The fraction of sp³-hybridized carbons (Fsp3) is 0. The van der Waals surface area contributed by atoms with Crippen LogP contribution >= 0.6 is 0 Å². The van der Waals surface area contributed by atoms with Gasteiger partial charge in [-0.25, -0.2) is 15.0 Å². The molecule has 0 aliphatic carbocycles. The molecular weight excluding hydrogens is 705 g/mol. The second kappa shape index (κ2) is 12.3. The Morgan fingerprint density at radius 3 is 1.70 bits per heavy atom. The second-order valence-corrected chi connectivity index (χ2v) is 14.2. The maximum absolute atomic E-state index is 6.75. The van der Waals surface area contributed by atoms with Crippen LogP contribution in [0.25, 0.3) is 122 Å². The molecule has 0 radical (unpaired) electrons. The molecule has 5 heterocycles. The molecule has 12 rings (SSSR count). The summed E-state index contributed by atoms with van der Waals surface area (Å²) in [7, 11) is 0. The Kier molecular flexibility index (Phi) is 6.79. The van der Waals surface area contributed by atoms with Crippen molar-refractivity contribution in [2.24, 2.45) is 0 Å². The topological polar surface area (TPSA) is 91.0 Å². The Balaban J connectivity index is 1.09. The van der Waals surface area contributed by atoms with Gasteiger partial charge in [0.1, 0.15) is 33.5 Å². The van der Waals surface area contributed by atoms with E-state index in [0.717, 1.165) is 105 Å². The Labute approximate surface area is 324 Å². The number of nitrogens with zero attached hydrogens (tertiary/aromatic N) is 4. The van der Waals surface area contributed by atoms with Crippen molar-refractivity contribution in [1.82, 2.24) is 19.9 Å². The minimum absolute atomic E-state index is 0.529. The van der Waals surface area contributed by atoms with Gasteiger partial charge in [-0.15, -0.1) is 0 Å². The molecule has 0 saturated carbocycles. The minimum atomic E-state index is 0.529. The SMILES string of the molecule is c1cncc(-c2ccc(-c3nc(-c4ccc5c(c4)oc4ccccc45)nc(-c4ccc(-c5cccc6c5oc5ccccc56)c5oc6ccccc6c45)n3)cc2)c1. The molecule has 7 aromatic carbocycles. The fourth-order valence-corrected chi connectivity index (χ4v) is 8.15. The van der Waals surface area contributed by atoms with E-state index in [0.29, 0.717) is 17.5 Å². The summed E-state index contributed by atoms with van der Waals surface area (Å²) >= 11 is 0. The Morgan fingerprint density at radius 1 is 0.333 bits per heavy atom. The van der Waals surface area contributed by atoms with Crippen LogP contribution in [0.1, 0.15) is 0 Å². The van der Waals surface area contributed by atoms with Gasteiger partial charge in [0.2, 0.25) is 0 Å². The average molecular weight is 733 g/mol. The lowest BCUT2D eigenvalue weighted by Gasteiger charge is -2.11. The molecule has 0 amide bonds. The third kappa shape index (κ3) is 4.99. The first-order valence-electron chi connectivity index (χ1n) is 18.8. The largest absolute Gasteiger partial charge is 0.456 e. The van der Waals surface area contributed by atoms with Gasteiger partial charge >= 0.3 is 0 Å². The van der Waals surface area contributed by atoms with E-state index in [1.54, 1.807) is 6.20 Å². The predicted octanol–water partition coefficient (Wildman–Crippen LogP) is 13.3. The molecule has 0 spiro atoms. The van der Waals surface area contributed by atoms with Crippen molar-refractivity contribution < 1.29 is 13.3 Å². The molecule has 0 aliphatic rings. The standard InChI is InChI=1S/C50H28N4O3/c1-4-15-41-33(10-1)35-23-22-31(27-44(35)55-41)49-52-48(30-20-18-29(19-21-30)32-9-8-26-51-28-32)53-50(54-49)40-25-24-38(47-45(40)39-12-3-6-17-43(39)57-47)37-14-7-13-36-34-11-2-5-16-42(34)56-46(36)37/h1-28H.